The molecule has 0 aliphatic carbocycles. The maximum Gasteiger partial charge on any atom is 0.123 e. The molecule has 4 aromatic rings. The van der Waals surface area contributed by atoms with Crippen molar-refractivity contribution in [2.75, 3.05) is 19.7 Å². The van der Waals surface area contributed by atoms with Gasteiger partial charge in [0.2, 0.25) is 0 Å². The number of rotatable bonds is 9. The Labute approximate surface area is 238 Å². The van der Waals surface area contributed by atoms with E-state index >= 15 is 0 Å². The first-order valence-corrected chi connectivity index (χ1v) is 15.3. The molecule has 0 N–H and O–H groups in total. The topological polar surface area (TPSA) is 25.4 Å². The molecule has 39 heavy (non-hydrogen) atoms. The summed E-state index contributed by atoms with van der Waals surface area (Å²) in [5.74, 6) is 1.68. The van der Waals surface area contributed by atoms with Gasteiger partial charge in [-0.3, -0.25) is 4.90 Å². The summed E-state index contributed by atoms with van der Waals surface area (Å²) in [6.45, 7) is 12.8. The van der Waals surface area contributed by atoms with Gasteiger partial charge in [0.15, 0.2) is 0 Å². The lowest BCUT2D eigenvalue weighted by atomic mass is 9.86. The summed E-state index contributed by atoms with van der Waals surface area (Å²) in [6.07, 6.45) is 5.07. The predicted octanol–water partition coefficient (Wildman–Crippen LogP) is 9.02. The van der Waals surface area contributed by atoms with Gasteiger partial charge in [0, 0.05) is 24.0 Å². The van der Waals surface area contributed by atoms with Crippen LogP contribution in [0.3, 0.4) is 0 Å². The minimum Gasteiger partial charge on any atom is -0.494 e. The average molecular weight is 539 g/mol. The van der Waals surface area contributed by atoms with E-state index in [2.05, 4.69) is 97.8 Å². The predicted molar refractivity (Wildman–Crippen MR) is 166 cm³/mol. The molecule has 3 aromatic carbocycles. The monoisotopic (exact) mass is 538 g/mol. The van der Waals surface area contributed by atoms with Crippen LogP contribution in [0.1, 0.15) is 63.8 Å². The second-order valence-electron chi connectivity index (χ2n) is 11.9. The third-order valence-corrected chi connectivity index (χ3v) is 8.73. The third kappa shape index (κ3) is 7.38. The Bertz CT molecular complexity index is 1350. The molecule has 0 saturated carbocycles. The van der Waals surface area contributed by atoms with Crippen LogP contribution in [0.5, 0.6) is 5.75 Å². The molecule has 0 unspecified atom stereocenters. The van der Waals surface area contributed by atoms with Gasteiger partial charge in [-0.05, 0) is 90.9 Å². The van der Waals surface area contributed by atoms with Gasteiger partial charge in [0.1, 0.15) is 10.8 Å². The lowest BCUT2D eigenvalue weighted by Gasteiger charge is -2.32. The lowest BCUT2D eigenvalue weighted by Crippen LogP contribution is -2.35. The highest BCUT2D eigenvalue weighted by Gasteiger charge is 2.21. The van der Waals surface area contributed by atoms with Crippen LogP contribution >= 0.6 is 11.3 Å². The molecule has 0 radical (unpaired) electrons. The molecule has 5 rings (SSSR count). The third-order valence-electron chi connectivity index (χ3n) is 7.79. The van der Waals surface area contributed by atoms with Crippen molar-refractivity contribution in [2.45, 2.75) is 65.3 Å². The maximum atomic E-state index is 5.70. The number of hydrogen-bond donors (Lipinski definition) is 0. The van der Waals surface area contributed by atoms with Crippen molar-refractivity contribution in [1.82, 2.24) is 9.88 Å². The number of ether oxygens (including phenoxy) is 1. The van der Waals surface area contributed by atoms with Crippen molar-refractivity contribution in [3.63, 3.8) is 0 Å². The molecule has 2 heterocycles. The van der Waals surface area contributed by atoms with Crippen LogP contribution in [0.2, 0.25) is 0 Å². The molecule has 1 aromatic heterocycles. The van der Waals surface area contributed by atoms with Crippen LogP contribution in [0.15, 0.2) is 78.2 Å². The molecule has 0 amide bonds. The smallest absolute Gasteiger partial charge is 0.123 e. The molecule has 3 nitrogen and oxygen atoms in total. The first kappa shape index (κ1) is 27.6. The van der Waals surface area contributed by atoms with Crippen molar-refractivity contribution in [3.05, 3.63) is 95.0 Å². The number of aryl methyl sites for hydroxylation is 1. The van der Waals surface area contributed by atoms with E-state index in [1.165, 1.54) is 72.3 Å². The fourth-order valence-electron chi connectivity index (χ4n) is 5.58. The van der Waals surface area contributed by atoms with E-state index < -0.39 is 0 Å². The van der Waals surface area contributed by atoms with Crippen LogP contribution in [-0.2, 0) is 18.4 Å². The zero-order valence-corrected chi connectivity index (χ0v) is 24.8. The molecule has 1 saturated heterocycles. The fourth-order valence-corrected chi connectivity index (χ4v) is 6.39. The van der Waals surface area contributed by atoms with E-state index in [0.717, 1.165) is 23.2 Å². The van der Waals surface area contributed by atoms with Gasteiger partial charge in [-0.2, -0.15) is 0 Å². The molecule has 1 aliphatic heterocycles. The SMILES string of the molecule is CCOc1cccc(-c2cccc(-c3nc(CN4CCC[C@@H](CCc5ccc(C(C)(C)C)cc5)C4)cs3)c2)c1. The number of likely N-dealkylation sites (tertiary alicyclic amines) is 1. The van der Waals surface area contributed by atoms with Crippen LogP contribution in [0.25, 0.3) is 21.7 Å². The number of nitrogens with zero attached hydrogens (tertiary/aromatic N) is 2. The second-order valence-corrected chi connectivity index (χ2v) is 12.8. The quantitative estimate of drug-likeness (QED) is 0.213. The van der Waals surface area contributed by atoms with Gasteiger partial charge in [-0.15, -0.1) is 11.3 Å². The zero-order chi connectivity index (χ0) is 27.2. The first-order valence-electron chi connectivity index (χ1n) is 14.5. The van der Waals surface area contributed by atoms with E-state index in [0.29, 0.717) is 6.61 Å². The normalized spacial score (nSPS) is 16.4. The summed E-state index contributed by atoms with van der Waals surface area (Å²) in [5, 5.41) is 3.35. The standard InChI is InChI=1S/C35H42N2OS/c1-5-38-33-13-7-11-29(22-33)28-10-6-12-30(21-28)34-36-32(25-39-34)24-37-20-8-9-27(23-37)15-14-26-16-18-31(19-17-26)35(2,3)4/h6-7,10-13,16-19,21-22,25,27H,5,8-9,14-15,20,23-24H2,1-4H3/t27-/m0/s1. The molecule has 0 bridgehead atoms. The summed E-state index contributed by atoms with van der Waals surface area (Å²) in [4.78, 5) is 7.67. The highest BCUT2D eigenvalue weighted by atomic mass is 32.1. The number of benzene rings is 3. The minimum atomic E-state index is 0.219. The summed E-state index contributed by atoms with van der Waals surface area (Å²) in [6, 6.07) is 26.3. The second kappa shape index (κ2) is 12.5. The van der Waals surface area contributed by atoms with Crippen LogP contribution < -0.4 is 4.74 Å². The summed E-state index contributed by atoms with van der Waals surface area (Å²) < 4.78 is 5.70. The van der Waals surface area contributed by atoms with Gasteiger partial charge >= 0.3 is 0 Å². The van der Waals surface area contributed by atoms with Gasteiger partial charge in [0.05, 0.1) is 12.3 Å². The van der Waals surface area contributed by atoms with Gasteiger partial charge in [-0.1, -0.05) is 75.4 Å². The van der Waals surface area contributed by atoms with E-state index in [4.69, 9.17) is 9.72 Å². The zero-order valence-electron chi connectivity index (χ0n) is 24.0. The Kier molecular flexibility index (Phi) is 8.84. The van der Waals surface area contributed by atoms with Crippen molar-refractivity contribution in [1.29, 1.82) is 0 Å². The summed E-state index contributed by atoms with van der Waals surface area (Å²) in [7, 11) is 0. The van der Waals surface area contributed by atoms with Crippen molar-refractivity contribution >= 4 is 11.3 Å². The van der Waals surface area contributed by atoms with Crippen molar-refractivity contribution < 1.29 is 4.74 Å². The minimum absolute atomic E-state index is 0.219. The number of hydrogen-bond acceptors (Lipinski definition) is 4. The molecular formula is C35H42N2OS. The Hall–Kier alpha value is -2.95. The van der Waals surface area contributed by atoms with Crippen LogP contribution in [-0.4, -0.2) is 29.6 Å². The van der Waals surface area contributed by atoms with E-state index in [1.807, 2.05) is 13.0 Å². The fraction of sp³-hybridized carbons (Fsp3) is 0.400. The maximum absolute atomic E-state index is 5.70. The molecule has 4 heteroatoms. The van der Waals surface area contributed by atoms with E-state index in [1.54, 1.807) is 11.3 Å². The van der Waals surface area contributed by atoms with Crippen LogP contribution in [0.4, 0.5) is 0 Å². The highest BCUT2D eigenvalue weighted by Crippen LogP contribution is 2.31. The Balaban J connectivity index is 1.18. The number of aromatic nitrogens is 1. The van der Waals surface area contributed by atoms with Gasteiger partial charge < -0.3 is 4.74 Å². The van der Waals surface area contributed by atoms with Gasteiger partial charge in [0.25, 0.3) is 0 Å². The molecule has 1 aliphatic rings. The van der Waals surface area contributed by atoms with Gasteiger partial charge in [-0.25, -0.2) is 4.98 Å². The lowest BCUT2D eigenvalue weighted by molar-refractivity contribution is 0.160. The van der Waals surface area contributed by atoms with Crippen LogP contribution in [0, 0.1) is 5.92 Å². The molecular weight excluding hydrogens is 496 g/mol. The largest absolute Gasteiger partial charge is 0.494 e. The Morgan fingerprint density at radius 1 is 0.949 bits per heavy atom. The first-order chi connectivity index (χ1) is 18.9. The molecule has 204 valence electrons. The molecule has 0 spiro atoms. The Morgan fingerprint density at radius 3 is 2.46 bits per heavy atom. The van der Waals surface area contributed by atoms with Crippen molar-refractivity contribution in [2.24, 2.45) is 5.92 Å². The number of thiazole rings is 1. The number of piperidine rings is 1. The van der Waals surface area contributed by atoms with E-state index in [9.17, 15) is 0 Å². The van der Waals surface area contributed by atoms with Crippen molar-refractivity contribution in [3.8, 4) is 27.4 Å². The van der Waals surface area contributed by atoms with E-state index in [-0.39, 0.29) is 5.41 Å². The average Bonchev–Trinajstić information content (AvgIpc) is 3.41. The molecule has 1 fully saturated rings. The molecule has 1 atom stereocenters. The summed E-state index contributed by atoms with van der Waals surface area (Å²) >= 11 is 1.75. The summed E-state index contributed by atoms with van der Waals surface area (Å²) in [5.41, 5.74) is 7.84. The highest BCUT2D eigenvalue weighted by molar-refractivity contribution is 7.13. The Morgan fingerprint density at radius 2 is 1.69 bits per heavy atom.